The Labute approximate surface area is 149 Å². The number of rotatable bonds is 4. The quantitative estimate of drug-likeness (QED) is 0.932. The van der Waals surface area contributed by atoms with Crippen molar-refractivity contribution in [1.82, 2.24) is 14.9 Å². The number of imidazole rings is 1. The second kappa shape index (κ2) is 6.64. The normalized spacial score (nSPS) is 23.2. The van der Waals surface area contributed by atoms with E-state index in [1.165, 1.54) is 12.0 Å². The minimum Gasteiger partial charge on any atom is -0.335 e. The molecule has 1 aromatic carbocycles. The van der Waals surface area contributed by atoms with E-state index in [9.17, 15) is 4.79 Å². The Bertz CT molecular complexity index is 769. The van der Waals surface area contributed by atoms with Crippen LogP contribution < -0.4 is 10.2 Å². The van der Waals surface area contributed by atoms with Gasteiger partial charge in [-0.1, -0.05) is 18.2 Å². The number of amides is 1. The van der Waals surface area contributed by atoms with Crippen LogP contribution in [0.4, 0.5) is 5.69 Å². The van der Waals surface area contributed by atoms with Crippen molar-refractivity contribution in [2.24, 2.45) is 0 Å². The van der Waals surface area contributed by atoms with Crippen molar-refractivity contribution >= 4 is 11.6 Å². The SMILES string of the molecule is C[C@H](NC[C@H]1CCCn2ccnc21)C(=O)N1c2ccccc2C[C@H]1C. The Morgan fingerprint density at radius 1 is 1.40 bits per heavy atom. The Kier molecular flexibility index (Phi) is 4.34. The van der Waals surface area contributed by atoms with Crippen molar-refractivity contribution in [2.45, 2.75) is 57.7 Å². The summed E-state index contributed by atoms with van der Waals surface area (Å²) >= 11 is 0. The van der Waals surface area contributed by atoms with Crippen LogP contribution in [-0.4, -0.2) is 34.1 Å². The Morgan fingerprint density at radius 2 is 2.24 bits per heavy atom. The van der Waals surface area contributed by atoms with E-state index in [1.807, 2.05) is 30.2 Å². The lowest BCUT2D eigenvalue weighted by Gasteiger charge is -2.29. The lowest BCUT2D eigenvalue weighted by molar-refractivity contribution is -0.120. The Hall–Kier alpha value is -2.14. The first-order valence-electron chi connectivity index (χ1n) is 9.30. The zero-order valence-electron chi connectivity index (χ0n) is 15.0. The van der Waals surface area contributed by atoms with Crippen molar-refractivity contribution in [2.75, 3.05) is 11.4 Å². The molecule has 132 valence electrons. The van der Waals surface area contributed by atoms with Crippen molar-refractivity contribution in [3.8, 4) is 0 Å². The summed E-state index contributed by atoms with van der Waals surface area (Å²) in [6, 6.07) is 8.27. The van der Waals surface area contributed by atoms with Gasteiger partial charge in [0.25, 0.3) is 0 Å². The molecule has 0 fully saturated rings. The lowest BCUT2D eigenvalue weighted by atomic mass is 9.98. The van der Waals surface area contributed by atoms with Gasteiger partial charge in [-0.2, -0.15) is 0 Å². The number of aryl methyl sites for hydroxylation is 1. The standard InChI is InChI=1S/C20H26N4O/c1-14-12-16-6-3-4-8-18(16)24(14)20(25)15(2)22-13-17-7-5-10-23-11-9-21-19(17)23/h3-4,6,8-9,11,14-15,17,22H,5,7,10,12-13H2,1-2H3/t14-,15+,17-/m1/s1. The molecule has 0 radical (unpaired) electrons. The fourth-order valence-corrected chi connectivity index (χ4v) is 4.22. The molecule has 1 N–H and O–H groups in total. The second-order valence-corrected chi connectivity index (χ2v) is 7.34. The largest absolute Gasteiger partial charge is 0.335 e. The molecule has 0 saturated carbocycles. The zero-order chi connectivity index (χ0) is 17.4. The minimum absolute atomic E-state index is 0.164. The molecule has 2 aromatic rings. The number of fused-ring (bicyclic) bond motifs is 2. The van der Waals surface area contributed by atoms with Gasteiger partial charge >= 0.3 is 0 Å². The highest BCUT2D eigenvalue weighted by Crippen LogP contribution is 2.32. The van der Waals surface area contributed by atoms with Crippen LogP contribution in [0.25, 0.3) is 0 Å². The number of benzene rings is 1. The Morgan fingerprint density at radius 3 is 3.12 bits per heavy atom. The number of anilines is 1. The summed E-state index contributed by atoms with van der Waals surface area (Å²) in [7, 11) is 0. The van der Waals surface area contributed by atoms with Crippen LogP contribution in [-0.2, 0) is 17.8 Å². The second-order valence-electron chi connectivity index (χ2n) is 7.34. The lowest BCUT2D eigenvalue weighted by Crippen LogP contribution is -2.48. The topological polar surface area (TPSA) is 50.2 Å². The van der Waals surface area contributed by atoms with E-state index in [2.05, 4.69) is 40.1 Å². The maximum absolute atomic E-state index is 13.0. The molecule has 2 aliphatic heterocycles. The van der Waals surface area contributed by atoms with Crippen LogP contribution in [0.3, 0.4) is 0 Å². The molecule has 0 bridgehead atoms. The first-order valence-corrected chi connectivity index (χ1v) is 9.30. The van der Waals surface area contributed by atoms with E-state index in [1.54, 1.807) is 0 Å². The monoisotopic (exact) mass is 338 g/mol. The van der Waals surface area contributed by atoms with Crippen LogP contribution in [0.1, 0.15) is 44.0 Å². The van der Waals surface area contributed by atoms with Gasteiger partial charge in [0.15, 0.2) is 0 Å². The van der Waals surface area contributed by atoms with E-state index in [0.29, 0.717) is 5.92 Å². The number of nitrogens with zero attached hydrogens (tertiary/aromatic N) is 3. The summed E-state index contributed by atoms with van der Waals surface area (Å²) in [6.45, 7) is 5.96. The molecule has 25 heavy (non-hydrogen) atoms. The van der Waals surface area contributed by atoms with E-state index in [4.69, 9.17) is 0 Å². The van der Waals surface area contributed by atoms with Gasteiger partial charge < -0.3 is 14.8 Å². The number of hydrogen-bond acceptors (Lipinski definition) is 3. The number of hydrogen-bond donors (Lipinski definition) is 1. The van der Waals surface area contributed by atoms with Crippen LogP contribution in [0.2, 0.25) is 0 Å². The molecule has 3 atom stereocenters. The average Bonchev–Trinajstić information content (AvgIpc) is 3.22. The summed E-state index contributed by atoms with van der Waals surface area (Å²) in [5.41, 5.74) is 2.34. The minimum atomic E-state index is -0.195. The first kappa shape index (κ1) is 16.3. The third kappa shape index (κ3) is 2.97. The van der Waals surface area contributed by atoms with Crippen LogP contribution in [0, 0.1) is 0 Å². The van der Waals surface area contributed by atoms with E-state index >= 15 is 0 Å². The molecule has 5 heteroatoms. The molecule has 1 amide bonds. The van der Waals surface area contributed by atoms with E-state index in [-0.39, 0.29) is 18.0 Å². The molecule has 0 saturated heterocycles. The van der Waals surface area contributed by atoms with Gasteiger partial charge in [-0.3, -0.25) is 4.79 Å². The highest BCUT2D eigenvalue weighted by atomic mass is 16.2. The third-order valence-corrected chi connectivity index (χ3v) is 5.55. The number of aromatic nitrogens is 2. The van der Waals surface area contributed by atoms with Gasteiger partial charge in [-0.25, -0.2) is 4.98 Å². The summed E-state index contributed by atoms with van der Waals surface area (Å²) in [4.78, 5) is 19.5. The molecule has 4 rings (SSSR count). The van der Waals surface area contributed by atoms with Gasteiger partial charge in [-0.15, -0.1) is 0 Å². The molecule has 0 aliphatic carbocycles. The van der Waals surface area contributed by atoms with Gasteiger partial charge in [-0.05, 0) is 44.7 Å². The van der Waals surface area contributed by atoms with Gasteiger partial charge in [0.05, 0.1) is 6.04 Å². The molecule has 5 nitrogen and oxygen atoms in total. The Balaban J connectivity index is 1.42. The average molecular weight is 338 g/mol. The summed E-state index contributed by atoms with van der Waals surface area (Å²) in [5, 5.41) is 3.47. The highest BCUT2D eigenvalue weighted by Gasteiger charge is 2.33. The van der Waals surface area contributed by atoms with Gasteiger partial charge in [0, 0.05) is 43.1 Å². The maximum Gasteiger partial charge on any atom is 0.244 e. The van der Waals surface area contributed by atoms with Gasteiger partial charge in [0.2, 0.25) is 5.91 Å². The first-order chi connectivity index (χ1) is 12.1. The molecular weight excluding hydrogens is 312 g/mol. The molecule has 1 aromatic heterocycles. The van der Waals surface area contributed by atoms with Crippen LogP contribution in [0.5, 0.6) is 0 Å². The number of nitrogens with one attached hydrogen (secondary N) is 1. The van der Waals surface area contributed by atoms with E-state index < -0.39 is 0 Å². The third-order valence-electron chi connectivity index (χ3n) is 5.55. The molecular formula is C20H26N4O. The summed E-state index contributed by atoms with van der Waals surface area (Å²) in [5.74, 6) is 1.71. The highest BCUT2D eigenvalue weighted by molar-refractivity contribution is 5.99. The molecule has 2 aliphatic rings. The summed E-state index contributed by atoms with van der Waals surface area (Å²) < 4.78 is 2.24. The fourth-order valence-electron chi connectivity index (χ4n) is 4.22. The number of carbonyl (C=O) groups excluding carboxylic acids is 1. The fraction of sp³-hybridized carbons (Fsp3) is 0.500. The summed E-state index contributed by atoms with van der Waals surface area (Å²) in [6.07, 6.45) is 7.18. The molecule has 0 unspecified atom stereocenters. The van der Waals surface area contributed by atoms with Crippen molar-refractivity contribution in [1.29, 1.82) is 0 Å². The van der Waals surface area contributed by atoms with Gasteiger partial charge in [0.1, 0.15) is 5.82 Å². The zero-order valence-corrected chi connectivity index (χ0v) is 15.0. The van der Waals surface area contributed by atoms with Crippen molar-refractivity contribution in [3.63, 3.8) is 0 Å². The van der Waals surface area contributed by atoms with Crippen LogP contribution >= 0.6 is 0 Å². The predicted molar refractivity (Wildman–Crippen MR) is 98.8 cm³/mol. The molecule has 3 heterocycles. The van der Waals surface area contributed by atoms with Crippen molar-refractivity contribution in [3.05, 3.63) is 48.0 Å². The predicted octanol–water partition coefficient (Wildman–Crippen LogP) is 2.72. The maximum atomic E-state index is 13.0. The molecule has 0 spiro atoms. The number of para-hydroxylation sites is 1. The smallest absolute Gasteiger partial charge is 0.244 e. The van der Waals surface area contributed by atoms with Crippen molar-refractivity contribution < 1.29 is 4.79 Å². The number of carbonyl (C=O) groups is 1. The van der Waals surface area contributed by atoms with E-state index in [0.717, 1.165) is 37.4 Å². The van der Waals surface area contributed by atoms with Crippen LogP contribution in [0.15, 0.2) is 36.7 Å².